The van der Waals surface area contributed by atoms with Gasteiger partial charge in [-0.15, -0.1) is 0 Å². The lowest BCUT2D eigenvalue weighted by Gasteiger charge is -2.08. The Labute approximate surface area is 97.9 Å². The van der Waals surface area contributed by atoms with Gasteiger partial charge in [-0.3, -0.25) is 0 Å². The average Bonchev–Trinajstić information content (AvgIpc) is 2.30. The predicted octanol–water partition coefficient (Wildman–Crippen LogP) is 3.42. The molecule has 2 nitrogen and oxygen atoms in total. The number of methoxy groups -OCH3 is 1. The van der Waals surface area contributed by atoms with Crippen LogP contribution in [0.1, 0.15) is 19.4 Å². The lowest BCUT2D eigenvalue weighted by molar-refractivity contribution is 0.104. The van der Waals surface area contributed by atoms with E-state index in [0.29, 0.717) is 12.5 Å². The second kappa shape index (κ2) is 7.07. The van der Waals surface area contributed by atoms with Gasteiger partial charge >= 0.3 is 0 Å². The lowest BCUT2D eigenvalue weighted by atomic mass is 10.2. The molecular formula is C14H20O2. The molecule has 0 aromatic heterocycles. The first-order valence-corrected chi connectivity index (χ1v) is 5.59. The van der Waals surface area contributed by atoms with Crippen molar-refractivity contribution in [2.24, 2.45) is 5.92 Å². The first kappa shape index (κ1) is 12.8. The first-order valence-electron chi connectivity index (χ1n) is 5.59. The quantitative estimate of drug-likeness (QED) is 0.684. The van der Waals surface area contributed by atoms with Crippen LogP contribution in [0.2, 0.25) is 0 Å². The third-order valence-electron chi connectivity index (χ3n) is 2.33. The molecule has 1 aromatic carbocycles. The van der Waals surface area contributed by atoms with Gasteiger partial charge in [-0.25, -0.2) is 0 Å². The molecule has 0 aliphatic carbocycles. The van der Waals surface area contributed by atoms with Crippen molar-refractivity contribution in [3.8, 4) is 5.75 Å². The van der Waals surface area contributed by atoms with E-state index >= 15 is 0 Å². The highest BCUT2D eigenvalue weighted by Gasteiger charge is 1.98. The molecule has 88 valence electrons. The Kier molecular flexibility index (Phi) is 5.65. The Balaban J connectivity index is 2.31. The van der Waals surface area contributed by atoms with Crippen LogP contribution in [0.3, 0.4) is 0 Å². The van der Waals surface area contributed by atoms with Gasteiger partial charge in [-0.2, -0.15) is 0 Å². The molecule has 1 rings (SSSR count). The summed E-state index contributed by atoms with van der Waals surface area (Å²) in [5, 5.41) is 0. The van der Waals surface area contributed by atoms with Gasteiger partial charge in [-0.05, 0) is 30.5 Å². The van der Waals surface area contributed by atoms with E-state index in [0.717, 1.165) is 12.4 Å². The molecule has 2 heteroatoms. The van der Waals surface area contributed by atoms with E-state index in [1.165, 1.54) is 5.56 Å². The Morgan fingerprint density at radius 3 is 2.50 bits per heavy atom. The second-order valence-electron chi connectivity index (χ2n) is 3.87. The van der Waals surface area contributed by atoms with Crippen molar-refractivity contribution >= 4 is 0 Å². The summed E-state index contributed by atoms with van der Waals surface area (Å²) >= 11 is 0. The fourth-order valence-electron chi connectivity index (χ4n) is 1.47. The van der Waals surface area contributed by atoms with Crippen LogP contribution in [-0.2, 0) is 11.3 Å². The van der Waals surface area contributed by atoms with Crippen LogP contribution in [0.25, 0.3) is 0 Å². The summed E-state index contributed by atoms with van der Waals surface area (Å²) in [7, 11) is 1.67. The maximum Gasteiger partial charge on any atom is 0.118 e. The third-order valence-corrected chi connectivity index (χ3v) is 2.33. The maximum atomic E-state index is 5.62. The number of hydrogen-bond acceptors (Lipinski definition) is 2. The van der Waals surface area contributed by atoms with Crippen molar-refractivity contribution in [3.05, 3.63) is 42.0 Å². The number of benzene rings is 1. The van der Waals surface area contributed by atoms with Crippen molar-refractivity contribution in [2.75, 3.05) is 13.7 Å². The van der Waals surface area contributed by atoms with E-state index < -0.39 is 0 Å². The molecule has 0 fully saturated rings. The maximum absolute atomic E-state index is 5.62. The van der Waals surface area contributed by atoms with Crippen LogP contribution in [-0.4, -0.2) is 13.7 Å². The zero-order valence-corrected chi connectivity index (χ0v) is 10.3. The molecule has 0 spiro atoms. The van der Waals surface area contributed by atoms with Gasteiger partial charge in [0.15, 0.2) is 0 Å². The molecule has 0 aliphatic rings. The normalized spacial score (nSPS) is 12.9. The van der Waals surface area contributed by atoms with E-state index in [9.17, 15) is 0 Å². The van der Waals surface area contributed by atoms with Crippen molar-refractivity contribution in [1.29, 1.82) is 0 Å². The van der Waals surface area contributed by atoms with Crippen LogP contribution in [0, 0.1) is 5.92 Å². The van der Waals surface area contributed by atoms with Crippen LogP contribution in [0.15, 0.2) is 36.4 Å². The Hall–Kier alpha value is -1.28. The van der Waals surface area contributed by atoms with Crippen LogP contribution in [0.4, 0.5) is 0 Å². The summed E-state index contributed by atoms with van der Waals surface area (Å²) in [5.41, 5.74) is 1.17. The SMILES string of the molecule is C/C=C/C(C)COCc1ccc(OC)cc1. The van der Waals surface area contributed by atoms with E-state index in [1.807, 2.05) is 31.2 Å². The number of allylic oxidation sites excluding steroid dienone is 1. The molecule has 1 aromatic rings. The molecule has 0 aliphatic heterocycles. The van der Waals surface area contributed by atoms with Gasteiger partial charge in [0.05, 0.1) is 20.3 Å². The smallest absolute Gasteiger partial charge is 0.118 e. The minimum absolute atomic E-state index is 0.475. The fourth-order valence-corrected chi connectivity index (χ4v) is 1.47. The highest BCUT2D eigenvalue weighted by atomic mass is 16.5. The topological polar surface area (TPSA) is 18.5 Å². The molecule has 16 heavy (non-hydrogen) atoms. The Morgan fingerprint density at radius 2 is 1.94 bits per heavy atom. The summed E-state index contributed by atoms with van der Waals surface area (Å²) in [6.07, 6.45) is 4.20. The molecule has 0 bridgehead atoms. The lowest BCUT2D eigenvalue weighted by Crippen LogP contribution is -2.03. The van der Waals surface area contributed by atoms with Crippen LogP contribution < -0.4 is 4.74 Å². The van der Waals surface area contributed by atoms with Crippen molar-refractivity contribution < 1.29 is 9.47 Å². The molecule has 0 saturated heterocycles. The fraction of sp³-hybridized carbons (Fsp3) is 0.429. The van der Waals surface area contributed by atoms with Gasteiger partial charge in [0.25, 0.3) is 0 Å². The average molecular weight is 220 g/mol. The minimum Gasteiger partial charge on any atom is -0.497 e. The second-order valence-corrected chi connectivity index (χ2v) is 3.87. The van der Waals surface area contributed by atoms with Crippen LogP contribution in [0.5, 0.6) is 5.75 Å². The molecular weight excluding hydrogens is 200 g/mol. The number of rotatable bonds is 6. The third kappa shape index (κ3) is 4.49. The van der Waals surface area contributed by atoms with Crippen molar-refractivity contribution in [3.63, 3.8) is 0 Å². The Bertz CT molecular complexity index is 314. The molecule has 0 radical (unpaired) electrons. The van der Waals surface area contributed by atoms with Gasteiger partial charge in [0.1, 0.15) is 5.75 Å². The van der Waals surface area contributed by atoms with E-state index in [2.05, 4.69) is 19.1 Å². The molecule has 1 unspecified atom stereocenters. The molecule has 0 saturated carbocycles. The van der Waals surface area contributed by atoms with Crippen molar-refractivity contribution in [1.82, 2.24) is 0 Å². The monoisotopic (exact) mass is 220 g/mol. The van der Waals surface area contributed by atoms with Crippen LogP contribution >= 0.6 is 0 Å². The molecule has 0 heterocycles. The highest BCUT2D eigenvalue weighted by Crippen LogP contribution is 2.12. The number of hydrogen-bond donors (Lipinski definition) is 0. The summed E-state index contributed by atoms with van der Waals surface area (Å²) in [4.78, 5) is 0. The minimum atomic E-state index is 0.475. The number of ether oxygens (including phenoxy) is 2. The predicted molar refractivity (Wildman–Crippen MR) is 66.6 cm³/mol. The van der Waals surface area contributed by atoms with E-state index in [-0.39, 0.29) is 0 Å². The zero-order valence-electron chi connectivity index (χ0n) is 10.3. The van der Waals surface area contributed by atoms with E-state index in [4.69, 9.17) is 9.47 Å². The Morgan fingerprint density at radius 1 is 1.25 bits per heavy atom. The molecule has 0 amide bonds. The first-order chi connectivity index (χ1) is 7.76. The van der Waals surface area contributed by atoms with Gasteiger partial charge in [0.2, 0.25) is 0 Å². The largest absolute Gasteiger partial charge is 0.497 e. The summed E-state index contributed by atoms with van der Waals surface area (Å²) in [6.45, 7) is 5.59. The van der Waals surface area contributed by atoms with Gasteiger partial charge < -0.3 is 9.47 Å². The summed E-state index contributed by atoms with van der Waals surface area (Å²) in [6, 6.07) is 7.96. The molecule has 0 N–H and O–H groups in total. The van der Waals surface area contributed by atoms with Gasteiger partial charge in [0, 0.05) is 0 Å². The molecule has 1 atom stereocenters. The summed E-state index contributed by atoms with van der Waals surface area (Å²) < 4.78 is 10.7. The standard InChI is InChI=1S/C14H20O2/c1-4-5-12(2)10-16-11-13-6-8-14(15-3)9-7-13/h4-9,12H,10-11H2,1-3H3/b5-4+. The highest BCUT2D eigenvalue weighted by molar-refractivity contribution is 5.26. The van der Waals surface area contributed by atoms with Crippen molar-refractivity contribution in [2.45, 2.75) is 20.5 Å². The summed E-state index contributed by atoms with van der Waals surface area (Å²) in [5.74, 6) is 1.36. The zero-order chi connectivity index (χ0) is 11.8. The van der Waals surface area contributed by atoms with E-state index in [1.54, 1.807) is 7.11 Å². The van der Waals surface area contributed by atoms with Gasteiger partial charge in [-0.1, -0.05) is 31.2 Å².